The highest BCUT2D eigenvalue weighted by atomic mass is 16.3. The number of aromatic nitrogens is 1. The summed E-state index contributed by atoms with van der Waals surface area (Å²) in [4.78, 5) is 20.8. The van der Waals surface area contributed by atoms with Crippen LogP contribution in [0.5, 0.6) is 0 Å². The molecule has 2 fully saturated rings. The fourth-order valence-corrected chi connectivity index (χ4v) is 4.12. The summed E-state index contributed by atoms with van der Waals surface area (Å²) >= 11 is 0. The molecular formula is C19H23N3O3. The lowest BCUT2D eigenvalue weighted by Gasteiger charge is -2.48. The molecule has 2 aromatic rings. The number of likely N-dealkylation sites (tertiary alicyclic amines) is 2. The lowest BCUT2D eigenvalue weighted by molar-refractivity contribution is -0.0878. The van der Waals surface area contributed by atoms with E-state index in [4.69, 9.17) is 4.42 Å². The standard InChI is InChI=1S/C19H23N3O3/c23-18(16-13-25-14-20-16)22-11-8-19(24,15-6-2-1-3-7-15)17(12-22)21-9-4-5-10-21/h1-3,6-7,13-14,17,24H,4-5,8-12H2/t17-,19+/m1/s1. The molecule has 0 spiro atoms. The van der Waals surface area contributed by atoms with Crippen LogP contribution in [-0.4, -0.2) is 58.0 Å². The molecule has 4 rings (SSSR count). The number of hydrogen-bond donors (Lipinski definition) is 1. The Morgan fingerprint density at radius 3 is 2.64 bits per heavy atom. The Labute approximate surface area is 147 Å². The maximum atomic E-state index is 12.7. The fraction of sp³-hybridized carbons (Fsp3) is 0.474. The number of nitrogens with zero attached hydrogens (tertiary/aromatic N) is 3. The molecule has 2 aliphatic heterocycles. The van der Waals surface area contributed by atoms with Crippen molar-refractivity contribution >= 4 is 5.91 Å². The zero-order valence-corrected chi connectivity index (χ0v) is 14.2. The summed E-state index contributed by atoms with van der Waals surface area (Å²) in [6.07, 6.45) is 5.44. The molecule has 1 aromatic heterocycles. The van der Waals surface area contributed by atoms with Crippen molar-refractivity contribution in [3.8, 4) is 0 Å². The van der Waals surface area contributed by atoms with E-state index in [1.165, 1.54) is 12.7 Å². The summed E-state index contributed by atoms with van der Waals surface area (Å²) in [5, 5.41) is 11.6. The first-order chi connectivity index (χ1) is 12.2. The fourth-order valence-electron chi connectivity index (χ4n) is 4.12. The Balaban J connectivity index is 1.62. The van der Waals surface area contributed by atoms with E-state index in [2.05, 4.69) is 9.88 Å². The van der Waals surface area contributed by atoms with Crippen molar-refractivity contribution < 1.29 is 14.3 Å². The number of benzene rings is 1. The van der Waals surface area contributed by atoms with Crippen molar-refractivity contribution in [2.24, 2.45) is 0 Å². The van der Waals surface area contributed by atoms with Crippen molar-refractivity contribution in [3.63, 3.8) is 0 Å². The second-order valence-corrected chi connectivity index (χ2v) is 6.92. The van der Waals surface area contributed by atoms with Crippen LogP contribution in [0, 0.1) is 0 Å². The summed E-state index contributed by atoms with van der Waals surface area (Å²) in [5.41, 5.74) is 0.317. The number of piperidine rings is 1. The molecule has 2 aliphatic rings. The molecule has 25 heavy (non-hydrogen) atoms. The van der Waals surface area contributed by atoms with E-state index < -0.39 is 5.60 Å². The van der Waals surface area contributed by atoms with Gasteiger partial charge >= 0.3 is 0 Å². The van der Waals surface area contributed by atoms with Crippen LogP contribution in [0.2, 0.25) is 0 Å². The number of rotatable bonds is 3. The van der Waals surface area contributed by atoms with Gasteiger partial charge < -0.3 is 14.4 Å². The number of carbonyl (C=O) groups excluding carboxylic acids is 1. The second kappa shape index (κ2) is 6.61. The molecule has 0 aliphatic carbocycles. The van der Waals surface area contributed by atoms with E-state index in [0.29, 0.717) is 25.2 Å². The quantitative estimate of drug-likeness (QED) is 0.923. The molecule has 3 heterocycles. The van der Waals surface area contributed by atoms with Crippen LogP contribution in [0.15, 0.2) is 47.4 Å². The Kier molecular flexibility index (Phi) is 4.31. The minimum absolute atomic E-state index is 0.109. The van der Waals surface area contributed by atoms with Gasteiger partial charge in [0.25, 0.3) is 5.91 Å². The van der Waals surface area contributed by atoms with Gasteiger partial charge in [-0.05, 0) is 37.9 Å². The largest absolute Gasteiger partial charge is 0.451 e. The number of amides is 1. The molecule has 6 heteroatoms. The summed E-state index contributed by atoms with van der Waals surface area (Å²) in [6.45, 7) is 2.93. The van der Waals surface area contributed by atoms with Gasteiger partial charge in [-0.25, -0.2) is 4.98 Å². The summed E-state index contributed by atoms with van der Waals surface area (Å²) in [5.74, 6) is -0.131. The van der Waals surface area contributed by atoms with Crippen LogP contribution >= 0.6 is 0 Å². The summed E-state index contributed by atoms with van der Waals surface area (Å²) in [6, 6.07) is 9.74. The van der Waals surface area contributed by atoms with Gasteiger partial charge in [0.1, 0.15) is 11.9 Å². The van der Waals surface area contributed by atoms with Gasteiger partial charge in [-0.15, -0.1) is 0 Å². The highest BCUT2D eigenvalue weighted by molar-refractivity contribution is 5.92. The Bertz CT molecular complexity index is 713. The number of hydrogen-bond acceptors (Lipinski definition) is 5. The molecular weight excluding hydrogens is 318 g/mol. The molecule has 1 aromatic carbocycles. The third kappa shape index (κ3) is 2.96. The van der Waals surface area contributed by atoms with Crippen LogP contribution in [0.3, 0.4) is 0 Å². The van der Waals surface area contributed by atoms with Crippen LogP contribution in [-0.2, 0) is 5.60 Å². The highest BCUT2D eigenvalue weighted by Gasteiger charge is 2.47. The van der Waals surface area contributed by atoms with Crippen LogP contribution in [0.25, 0.3) is 0 Å². The first-order valence-corrected chi connectivity index (χ1v) is 8.88. The monoisotopic (exact) mass is 341 g/mol. The maximum absolute atomic E-state index is 12.7. The number of aliphatic hydroxyl groups is 1. The van der Waals surface area contributed by atoms with Crippen LogP contribution in [0.4, 0.5) is 0 Å². The van der Waals surface area contributed by atoms with Crippen LogP contribution in [0.1, 0.15) is 35.3 Å². The molecule has 0 radical (unpaired) electrons. The van der Waals surface area contributed by atoms with Gasteiger partial charge in [0, 0.05) is 13.1 Å². The van der Waals surface area contributed by atoms with Gasteiger partial charge in [-0.3, -0.25) is 9.69 Å². The Morgan fingerprint density at radius 1 is 1.20 bits per heavy atom. The van der Waals surface area contributed by atoms with E-state index in [1.54, 1.807) is 4.90 Å². The predicted octanol–water partition coefficient (Wildman–Crippen LogP) is 1.87. The lowest BCUT2D eigenvalue weighted by Crippen LogP contribution is -2.61. The minimum atomic E-state index is -0.938. The Hall–Kier alpha value is -2.18. The van der Waals surface area contributed by atoms with E-state index in [9.17, 15) is 9.90 Å². The topological polar surface area (TPSA) is 69.8 Å². The van der Waals surface area contributed by atoms with Gasteiger partial charge in [0.2, 0.25) is 0 Å². The lowest BCUT2D eigenvalue weighted by atomic mass is 9.79. The highest BCUT2D eigenvalue weighted by Crippen LogP contribution is 2.37. The molecule has 132 valence electrons. The molecule has 1 N–H and O–H groups in total. The molecule has 1 amide bonds. The minimum Gasteiger partial charge on any atom is -0.451 e. The number of carbonyl (C=O) groups is 1. The van der Waals surface area contributed by atoms with Gasteiger partial charge in [-0.1, -0.05) is 30.3 Å². The Morgan fingerprint density at radius 2 is 1.96 bits per heavy atom. The third-order valence-electron chi connectivity index (χ3n) is 5.50. The van der Waals surface area contributed by atoms with Gasteiger partial charge in [0.15, 0.2) is 12.1 Å². The molecule has 0 unspecified atom stereocenters. The smallest absolute Gasteiger partial charge is 0.275 e. The van der Waals surface area contributed by atoms with Crippen LogP contribution < -0.4 is 0 Å². The molecule has 0 bridgehead atoms. The van der Waals surface area contributed by atoms with E-state index in [1.807, 2.05) is 30.3 Å². The molecule has 2 atom stereocenters. The second-order valence-electron chi connectivity index (χ2n) is 6.92. The maximum Gasteiger partial charge on any atom is 0.275 e. The van der Waals surface area contributed by atoms with Crippen molar-refractivity contribution in [2.75, 3.05) is 26.2 Å². The molecule has 2 saturated heterocycles. The predicted molar refractivity (Wildman–Crippen MR) is 92.0 cm³/mol. The van der Waals surface area contributed by atoms with Crippen molar-refractivity contribution in [3.05, 3.63) is 54.2 Å². The first kappa shape index (κ1) is 16.3. The molecule has 0 saturated carbocycles. The zero-order valence-electron chi connectivity index (χ0n) is 14.2. The van der Waals surface area contributed by atoms with E-state index >= 15 is 0 Å². The van der Waals surface area contributed by atoms with Crippen molar-refractivity contribution in [2.45, 2.75) is 30.9 Å². The number of oxazole rings is 1. The molecule has 6 nitrogen and oxygen atoms in total. The van der Waals surface area contributed by atoms with E-state index in [0.717, 1.165) is 31.5 Å². The van der Waals surface area contributed by atoms with Gasteiger partial charge in [0.05, 0.1) is 6.04 Å². The van der Waals surface area contributed by atoms with E-state index in [-0.39, 0.29) is 11.9 Å². The summed E-state index contributed by atoms with van der Waals surface area (Å²) in [7, 11) is 0. The van der Waals surface area contributed by atoms with Gasteiger partial charge in [-0.2, -0.15) is 0 Å². The summed E-state index contributed by atoms with van der Waals surface area (Å²) < 4.78 is 4.94. The zero-order chi connectivity index (χ0) is 17.3. The SMILES string of the molecule is O=C(c1cocn1)N1CC[C@](O)(c2ccccc2)[C@H](N2CCCC2)C1. The third-order valence-corrected chi connectivity index (χ3v) is 5.50. The van der Waals surface area contributed by atoms with Crippen molar-refractivity contribution in [1.82, 2.24) is 14.8 Å². The first-order valence-electron chi connectivity index (χ1n) is 8.88. The average molecular weight is 341 g/mol. The normalized spacial score (nSPS) is 27.6. The average Bonchev–Trinajstić information content (AvgIpc) is 3.36. The van der Waals surface area contributed by atoms with Crippen molar-refractivity contribution in [1.29, 1.82) is 0 Å².